The highest BCUT2D eigenvalue weighted by Crippen LogP contribution is 2.28. The van der Waals surface area contributed by atoms with E-state index in [1.165, 1.54) is 30.6 Å². The van der Waals surface area contributed by atoms with Crippen LogP contribution in [0.15, 0.2) is 29.6 Å². The maximum atomic E-state index is 12.9. The van der Waals surface area contributed by atoms with Crippen LogP contribution in [0.4, 0.5) is 5.13 Å². The minimum atomic E-state index is -0.273. The first-order valence-corrected chi connectivity index (χ1v) is 12.3. The molecule has 2 aliphatic rings. The van der Waals surface area contributed by atoms with Crippen LogP contribution in [-0.4, -0.2) is 46.2 Å². The lowest BCUT2D eigenvalue weighted by Crippen LogP contribution is -2.39. The standard InChI is InChI=1S/C24H30N4O3S/c1-16-7-9-17(10-8-16)23(31)28(20-11-12-20)14-22(30)27-24-26-19(15-32-24)13-21(29)25-18-5-3-2-4-6-18/h7-10,15,18,20H,2-6,11-14H2,1H3,(H,25,29)(H,26,27,30). The van der Waals surface area contributed by atoms with Gasteiger partial charge in [0.25, 0.3) is 5.91 Å². The molecular weight excluding hydrogens is 424 g/mol. The van der Waals surface area contributed by atoms with Crippen LogP contribution >= 0.6 is 11.3 Å². The first kappa shape index (κ1) is 22.5. The van der Waals surface area contributed by atoms with Gasteiger partial charge in [-0.3, -0.25) is 14.4 Å². The number of nitrogens with one attached hydrogen (secondary N) is 2. The number of thiazole rings is 1. The van der Waals surface area contributed by atoms with Crippen LogP contribution in [0.3, 0.4) is 0 Å². The van der Waals surface area contributed by atoms with Gasteiger partial charge in [0, 0.05) is 23.0 Å². The maximum absolute atomic E-state index is 12.9. The van der Waals surface area contributed by atoms with E-state index in [0.717, 1.165) is 31.2 Å². The van der Waals surface area contributed by atoms with Gasteiger partial charge in [-0.15, -0.1) is 11.3 Å². The smallest absolute Gasteiger partial charge is 0.254 e. The number of aromatic nitrogens is 1. The number of rotatable bonds is 8. The van der Waals surface area contributed by atoms with Crippen molar-refractivity contribution in [1.29, 1.82) is 0 Å². The molecule has 2 saturated carbocycles. The number of benzene rings is 1. The Morgan fingerprint density at radius 3 is 2.44 bits per heavy atom. The highest BCUT2D eigenvalue weighted by molar-refractivity contribution is 7.13. The fourth-order valence-electron chi connectivity index (χ4n) is 4.06. The van der Waals surface area contributed by atoms with Gasteiger partial charge in [-0.1, -0.05) is 37.0 Å². The normalized spacial score (nSPS) is 16.4. The van der Waals surface area contributed by atoms with Gasteiger partial charge in [-0.2, -0.15) is 0 Å². The number of carbonyl (C=O) groups is 3. The predicted octanol–water partition coefficient (Wildman–Crippen LogP) is 3.69. The van der Waals surface area contributed by atoms with Crippen LogP contribution in [0.1, 0.15) is 66.6 Å². The fourth-order valence-corrected chi connectivity index (χ4v) is 4.79. The van der Waals surface area contributed by atoms with Crippen molar-refractivity contribution in [2.45, 2.75) is 70.4 Å². The summed E-state index contributed by atoms with van der Waals surface area (Å²) in [6.45, 7) is 1.97. The molecule has 0 spiro atoms. The molecule has 32 heavy (non-hydrogen) atoms. The average Bonchev–Trinajstić information content (AvgIpc) is 3.53. The molecule has 0 aliphatic heterocycles. The third-order valence-corrected chi connectivity index (χ3v) is 6.78. The molecule has 0 radical (unpaired) electrons. The summed E-state index contributed by atoms with van der Waals surface area (Å²) in [5.41, 5.74) is 2.33. The number of hydrogen-bond donors (Lipinski definition) is 2. The van der Waals surface area contributed by atoms with E-state index in [9.17, 15) is 14.4 Å². The Kier molecular flexibility index (Phi) is 7.19. The highest BCUT2D eigenvalue weighted by atomic mass is 32.1. The lowest BCUT2D eigenvalue weighted by atomic mass is 9.95. The van der Waals surface area contributed by atoms with Crippen LogP contribution in [0.2, 0.25) is 0 Å². The van der Waals surface area contributed by atoms with Crippen molar-refractivity contribution in [1.82, 2.24) is 15.2 Å². The number of amides is 3. The topological polar surface area (TPSA) is 91.4 Å². The zero-order valence-corrected chi connectivity index (χ0v) is 19.2. The van der Waals surface area contributed by atoms with Crippen LogP contribution in [0.25, 0.3) is 0 Å². The lowest BCUT2D eigenvalue weighted by molar-refractivity contribution is -0.121. The molecule has 0 bridgehead atoms. The van der Waals surface area contributed by atoms with Gasteiger partial charge >= 0.3 is 0 Å². The maximum Gasteiger partial charge on any atom is 0.254 e. The SMILES string of the molecule is Cc1ccc(C(=O)N(CC(=O)Nc2nc(CC(=O)NC3CCCCC3)cs2)C2CC2)cc1. The molecule has 3 amide bonds. The van der Waals surface area contributed by atoms with Gasteiger partial charge in [0.1, 0.15) is 6.54 Å². The van der Waals surface area contributed by atoms with E-state index in [1.54, 1.807) is 22.4 Å². The summed E-state index contributed by atoms with van der Waals surface area (Å²) in [7, 11) is 0. The Morgan fingerprint density at radius 1 is 1.03 bits per heavy atom. The molecule has 1 aromatic heterocycles. The largest absolute Gasteiger partial charge is 0.353 e. The number of hydrogen-bond acceptors (Lipinski definition) is 5. The molecule has 0 unspecified atom stereocenters. The second-order valence-corrected chi connectivity index (χ2v) is 9.66. The Morgan fingerprint density at radius 2 is 1.75 bits per heavy atom. The van der Waals surface area contributed by atoms with Crippen molar-refractivity contribution in [3.63, 3.8) is 0 Å². The fraction of sp³-hybridized carbons (Fsp3) is 0.500. The summed E-state index contributed by atoms with van der Waals surface area (Å²) < 4.78 is 0. The molecular formula is C24H30N4O3S. The molecule has 1 aromatic carbocycles. The zero-order chi connectivity index (χ0) is 22.5. The molecule has 170 valence electrons. The quantitative estimate of drug-likeness (QED) is 0.636. The number of nitrogens with zero attached hydrogens (tertiary/aromatic N) is 2. The van der Waals surface area contributed by atoms with E-state index in [4.69, 9.17) is 0 Å². The second kappa shape index (κ2) is 10.3. The molecule has 2 aliphatic carbocycles. The van der Waals surface area contributed by atoms with Gasteiger partial charge < -0.3 is 15.5 Å². The Labute approximate surface area is 192 Å². The minimum Gasteiger partial charge on any atom is -0.353 e. The number of aryl methyl sites for hydroxylation is 1. The molecule has 2 aromatic rings. The van der Waals surface area contributed by atoms with Crippen molar-refractivity contribution in [3.05, 3.63) is 46.5 Å². The van der Waals surface area contributed by atoms with Gasteiger partial charge in [-0.25, -0.2) is 4.98 Å². The lowest BCUT2D eigenvalue weighted by Gasteiger charge is -2.22. The van der Waals surface area contributed by atoms with E-state index >= 15 is 0 Å². The molecule has 2 N–H and O–H groups in total. The van der Waals surface area contributed by atoms with E-state index < -0.39 is 0 Å². The van der Waals surface area contributed by atoms with Crippen molar-refractivity contribution in [2.24, 2.45) is 0 Å². The number of anilines is 1. The van der Waals surface area contributed by atoms with Gasteiger partial charge in [0.05, 0.1) is 12.1 Å². The van der Waals surface area contributed by atoms with E-state index in [0.29, 0.717) is 16.4 Å². The highest BCUT2D eigenvalue weighted by Gasteiger charge is 2.34. The predicted molar refractivity (Wildman–Crippen MR) is 125 cm³/mol. The third kappa shape index (κ3) is 6.16. The summed E-state index contributed by atoms with van der Waals surface area (Å²) in [5.74, 6) is -0.421. The monoisotopic (exact) mass is 454 g/mol. The molecule has 0 saturated heterocycles. The van der Waals surface area contributed by atoms with Gasteiger partial charge in [-0.05, 0) is 44.7 Å². The van der Waals surface area contributed by atoms with Crippen molar-refractivity contribution in [2.75, 3.05) is 11.9 Å². The van der Waals surface area contributed by atoms with E-state index in [2.05, 4.69) is 15.6 Å². The van der Waals surface area contributed by atoms with Crippen LogP contribution in [0.5, 0.6) is 0 Å². The summed E-state index contributed by atoms with van der Waals surface area (Å²) in [6, 6.07) is 7.80. The van der Waals surface area contributed by atoms with E-state index in [1.807, 2.05) is 19.1 Å². The second-order valence-electron chi connectivity index (χ2n) is 8.80. The Balaban J connectivity index is 1.29. The first-order valence-electron chi connectivity index (χ1n) is 11.4. The molecule has 1 heterocycles. The zero-order valence-electron chi connectivity index (χ0n) is 18.4. The van der Waals surface area contributed by atoms with Crippen LogP contribution < -0.4 is 10.6 Å². The first-order chi connectivity index (χ1) is 15.5. The molecule has 8 heteroatoms. The Hall–Kier alpha value is -2.74. The summed E-state index contributed by atoms with van der Waals surface area (Å²) in [6.07, 6.45) is 7.72. The third-order valence-electron chi connectivity index (χ3n) is 5.97. The average molecular weight is 455 g/mol. The summed E-state index contributed by atoms with van der Waals surface area (Å²) >= 11 is 1.30. The molecule has 7 nitrogen and oxygen atoms in total. The van der Waals surface area contributed by atoms with Gasteiger partial charge in [0.15, 0.2) is 5.13 Å². The number of carbonyl (C=O) groups excluding carboxylic acids is 3. The summed E-state index contributed by atoms with van der Waals surface area (Å²) in [5, 5.41) is 8.13. The molecule has 2 fully saturated rings. The van der Waals surface area contributed by atoms with Crippen molar-refractivity contribution < 1.29 is 14.4 Å². The van der Waals surface area contributed by atoms with Gasteiger partial charge in [0.2, 0.25) is 11.8 Å². The van der Waals surface area contributed by atoms with E-state index in [-0.39, 0.29) is 42.8 Å². The van der Waals surface area contributed by atoms with Crippen molar-refractivity contribution >= 4 is 34.2 Å². The van der Waals surface area contributed by atoms with Crippen LogP contribution in [-0.2, 0) is 16.0 Å². The Bertz CT molecular complexity index is 962. The molecule has 4 rings (SSSR count). The molecule has 0 atom stereocenters. The van der Waals surface area contributed by atoms with Crippen LogP contribution in [0, 0.1) is 6.92 Å². The summed E-state index contributed by atoms with van der Waals surface area (Å²) in [4.78, 5) is 43.8. The minimum absolute atomic E-state index is 0.00550. The van der Waals surface area contributed by atoms with Crippen molar-refractivity contribution in [3.8, 4) is 0 Å².